The first-order valence-electron chi connectivity index (χ1n) is 14.6. The third-order valence-electron chi connectivity index (χ3n) is 9.66. The third kappa shape index (κ3) is 3.36. The molecule has 41 heavy (non-hydrogen) atoms. The molecule has 1 heteroatoms. The average Bonchev–Trinajstić information content (AvgIpc) is 3.37. The van der Waals surface area contributed by atoms with Crippen molar-refractivity contribution in [1.29, 1.82) is 0 Å². The number of rotatable bonds is 3. The number of hydrogen-bond donors (Lipinski definition) is 0. The highest BCUT2D eigenvalue weighted by molar-refractivity contribution is 6.00. The van der Waals surface area contributed by atoms with Gasteiger partial charge in [-0.3, -0.25) is 0 Å². The molecule has 8 rings (SSSR count). The molecule has 0 radical (unpaired) electrons. The molecule has 0 bridgehead atoms. The average molecular weight is 528 g/mol. The summed E-state index contributed by atoms with van der Waals surface area (Å²) < 4.78 is 0. The van der Waals surface area contributed by atoms with Crippen LogP contribution in [0.3, 0.4) is 0 Å². The van der Waals surface area contributed by atoms with Gasteiger partial charge < -0.3 is 4.90 Å². The lowest BCUT2D eigenvalue weighted by Gasteiger charge is -2.30. The Labute approximate surface area is 242 Å². The Hall–Kier alpha value is -4.62. The predicted octanol–water partition coefficient (Wildman–Crippen LogP) is 10.9. The summed E-state index contributed by atoms with van der Waals surface area (Å²) in [6, 6.07) is 47.3. The van der Waals surface area contributed by atoms with E-state index in [0.717, 1.165) is 0 Å². The van der Waals surface area contributed by atoms with E-state index in [1.807, 2.05) is 0 Å². The number of anilines is 3. The molecular weight excluding hydrogens is 494 g/mol. The van der Waals surface area contributed by atoms with Crippen molar-refractivity contribution < 1.29 is 0 Å². The lowest BCUT2D eigenvalue weighted by atomic mass is 9.82. The first-order chi connectivity index (χ1) is 19.9. The molecule has 0 heterocycles. The Balaban J connectivity index is 1.37. The van der Waals surface area contributed by atoms with Gasteiger partial charge in [0.05, 0.1) is 5.69 Å². The minimum Gasteiger partial charge on any atom is -0.310 e. The van der Waals surface area contributed by atoms with Crippen molar-refractivity contribution in [2.75, 3.05) is 4.90 Å². The highest BCUT2D eigenvalue weighted by atomic mass is 15.1. The van der Waals surface area contributed by atoms with Gasteiger partial charge in [0.2, 0.25) is 0 Å². The van der Waals surface area contributed by atoms with E-state index in [4.69, 9.17) is 0 Å². The molecule has 0 aliphatic heterocycles. The maximum atomic E-state index is 2.47. The fraction of sp³-hybridized carbons (Fsp3) is 0.150. The van der Waals surface area contributed by atoms with E-state index >= 15 is 0 Å². The molecule has 6 aromatic rings. The van der Waals surface area contributed by atoms with Gasteiger partial charge in [0.15, 0.2) is 0 Å². The largest absolute Gasteiger partial charge is 0.310 e. The zero-order valence-corrected chi connectivity index (χ0v) is 24.1. The van der Waals surface area contributed by atoms with Crippen LogP contribution in [0.25, 0.3) is 33.0 Å². The minimum atomic E-state index is -0.0616. The monoisotopic (exact) mass is 527 g/mol. The van der Waals surface area contributed by atoms with E-state index < -0.39 is 0 Å². The maximum absolute atomic E-state index is 2.47. The Bertz CT molecular complexity index is 1900. The molecule has 0 fully saturated rings. The molecule has 0 atom stereocenters. The predicted molar refractivity (Wildman–Crippen MR) is 174 cm³/mol. The number of fused-ring (bicyclic) bond motifs is 7. The van der Waals surface area contributed by atoms with Crippen molar-refractivity contribution in [1.82, 2.24) is 0 Å². The van der Waals surface area contributed by atoms with Crippen LogP contribution in [-0.2, 0) is 10.8 Å². The standard InChI is InChI=1S/C40H33N/c1-39(2)34-17-9-7-15-30(34)32-22-20-27(24-36(32)39)41(38-19-11-13-26-12-5-6-14-29(26)38)28-21-23-33-31-16-8-10-18-35(31)40(3,4)37(33)25-28/h5-25H,1-4H3. The van der Waals surface area contributed by atoms with Crippen LogP contribution in [0.1, 0.15) is 49.9 Å². The van der Waals surface area contributed by atoms with Gasteiger partial charge >= 0.3 is 0 Å². The summed E-state index contributed by atoms with van der Waals surface area (Å²) in [5.41, 5.74) is 14.4. The van der Waals surface area contributed by atoms with E-state index in [9.17, 15) is 0 Å². The van der Waals surface area contributed by atoms with Gasteiger partial charge in [-0.25, -0.2) is 0 Å². The van der Waals surface area contributed by atoms with Gasteiger partial charge in [-0.15, -0.1) is 0 Å². The Morgan fingerprint density at radius 1 is 0.415 bits per heavy atom. The molecule has 0 spiro atoms. The molecule has 2 aliphatic carbocycles. The van der Waals surface area contributed by atoms with Crippen molar-refractivity contribution >= 4 is 27.8 Å². The lowest BCUT2D eigenvalue weighted by molar-refractivity contribution is 0.660. The van der Waals surface area contributed by atoms with E-state index in [1.165, 1.54) is 72.3 Å². The topological polar surface area (TPSA) is 3.24 Å². The second-order valence-corrected chi connectivity index (χ2v) is 12.6. The second-order valence-electron chi connectivity index (χ2n) is 12.6. The molecule has 0 N–H and O–H groups in total. The number of nitrogens with zero attached hydrogens (tertiary/aromatic N) is 1. The Morgan fingerprint density at radius 2 is 0.878 bits per heavy atom. The summed E-state index contributed by atoms with van der Waals surface area (Å²) in [6.45, 7) is 9.44. The van der Waals surface area contributed by atoms with Crippen LogP contribution >= 0.6 is 0 Å². The van der Waals surface area contributed by atoms with E-state index in [2.05, 4.69) is 160 Å². The van der Waals surface area contributed by atoms with E-state index in [1.54, 1.807) is 0 Å². The third-order valence-corrected chi connectivity index (χ3v) is 9.66. The van der Waals surface area contributed by atoms with Crippen LogP contribution in [-0.4, -0.2) is 0 Å². The molecule has 1 nitrogen and oxygen atoms in total. The van der Waals surface area contributed by atoms with Crippen molar-refractivity contribution in [3.8, 4) is 22.3 Å². The van der Waals surface area contributed by atoms with Gasteiger partial charge in [-0.05, 0) is 80.2 Å². The summed E-state index contributed by atoms with van der Waals surface area (Å²) in [5.74, 6) is 0. The fourth-order valence-corrected chi connectivity index (χ4v) is 7.49. The Morgan fingerprint density at radius 3 is 1.46 bits per heavy atom. The Kier molecular flexibility index (Phi) is 4.98. The van der Waals surface area contributed by atoms with Gasteiger partial charge in [-0.2, -0.15) is 0 Å². The summed E-state index contributed by atoms with van der Waals surface area (Å²) in [7, 11) is 0. The van der Waals surface area contributed by atoms with Crippen LogP contribution in [0.5, 0.6) is 0 Å². The lowest BCUT2D eigenvalue weighted by Crippen LogP contribution is -2.18. The SMILES string of the molecule is CC1(C)c2ccccc2-c2ccc(N(c3ccc4c(c3)C(C)(C)c3ccccc3-4)c3cccc4ccccc34)cc21. The number of benzene rings is 6. The van der Waals surface area contributed by atoms with Crippen molar-refractivity contribution in [2.24, 2.45) is 0 Å². The first kappa shape index (κ1) is 24.2. The molecule has 198 valence electrons. The molecule has 0 saturated carbocycles. The summed E-state index contributed by atoms with van der Waals surface area (Å²) in [6.07, 6.45) is 0. The molecule has 0 saturated heterocycles. The van der Waals surface area contributed by atoms with Gasteiger partial charge in [0, 0.05) is 27.6 Å². The minimum absolute atomic E-state index is 0.0616. The van der Waals surface area contributed by atoms with Gasteiger partial charge in [0.1, 0.15) is 0 Å². The van der Waals surface area contributed by atoms with Gasteiger partial charge in [-0.1, -0.05) is 125 Å². The van der Waals surface area contributed by atoms with Crippen LogP contribution in [0.15, 0.2) is 127 Å². The van der Waals surface area contributed by atoms with Gasteiger partial charge in [0.25, 0.3) is 0 Å². The number of hydrogen-bond acceptors (Lipinski definition) is 1. The van der Waals surface area contributed by atoms with Crippen LogP contribution in [0.2, 0.25) is 0 Å². The van der Waals surface area contributed by atoms with Crippen LogP contribution in [0, 0.1) is 0 Å². The first-order valence-corrected chi connectivity index (χ1v) is 14.6. The normalized spacial score (nSPS) is 15.2. The molecular formula is C40H33N. The van der Waals surface area contributed by atoms with Crippen LogP contribution in [0.4, 0.5) is 17.1 Å². The van der Waals surface area contributed by atoms with Crippen molar-refractivity contribution in [3.05, 3.63) is 150 Å². The van der Waals surface area contributed by atoms with Crippen molar-refractivity contribution in [2.45, 2.75) is 38.5 Å². The molecule has 6 aromatic carbocycles. The zero-order valence-electron chi connectivity index (χ0n) is 24.1. The highest BCUT2D eigenvalue weighted by Crippen LogP contribution is 2.53. The molecule has 2 aliphatic rings. The van der Waals surface area contributed by atoms with E-state index in [0.29, 0.717) is 0 Å². The smallest absolute Gasteiger partial charge is 0.0540 e. The summed E-state index contributed by atoms with van der Waals surface area (Å²) in [5, 5.41) is 2.50. The fourth-order valence-electron chi connectivity index (χ4n) is 7.49. The quantitative estimate of drug-likeness (QED) is 0.221. The molecule has 0 aromatic heterocycles. The second kappa shape index (κ2) is 8.44. The maximum Gasteiger partial charge on any atom is 0.0540 e. The summed E-state index contributed by atoms with van der Waals surface area (Å²) >= 11 is 0. The van der Waals surface area contributed by atoms with Crippen LogP contribution < -0.4 is 4.90 Å². The highest BCUT2D eigenvalue weighted by Gasteiger charge is 2.37. The van der Waals surface area contributed by atoms with Crippen molar-refractivity contribution in [3.63, 3.8) is 0 Å². The zero-order chi connectivity index (χ0) is 27.9. The molecule has 0 amide bonds. The summed E-state index contributed by atoms with van der Waals surface area (Å²) in [4.78, 5) is 2.47. The molecule has 0 unspecified atom stereocenters. The van der Waals surface area contributed by atoms with E-state index in [-0.39, 0.29) is 10.8 Å².